The van der Waals surface area contributed by atoms with Gasteiger partial charge >= 0.3 is 0 Å². The number of aliphatic hydroxyl groups excluding tert-OH is 1. The summed E-state index contributed by atoms with van der Waals surface area (Å²) < 4.78 is 0. The Balaban J connectivity index is 1.42. The number of hydrogen-bond donors (Lipinski definition) is 1. The first-order valence-corrected chi connectivity index (χ1v) is 13.3. The molecule has 1 atom stereocenters. The summed E-state index contributed by atoms with van der Waals surface area (Å²) >= 11 is 0. The Morgan fingerprint density at radius 3 is 1.97 bits per heavy atom. The molecule has 0 amide bonds. The van der Waals surface area contributed by atoms with E-state index in [1.54, 1.807) is 0 Å². The van der Waals surface area contributed by atoms with Crippen LogP contribution in [0.2, 0.25) is 0 Å². The maximum atomic E-state index is 11.7. The zero-order valence-electron chi connectivity index (χ0n) is 21.7. The van der Waals surface area contributed by atoms with Crippen molar-refractivity contribution in [1.82, 2.24) is 0 Å². The average molecular weight is 505 g/mol. The van der Waals surface area contributed by atoms with Gasteiger partial charge in [0, 0.05) is 33.9 Å². The molecule has 1 heterocycles. The topological polar surface area (TPSA) is 26.7 Å². The third-order valence-electron chi connectivity index (χ3n) is 7.57. The third kappa shape index (κ3) is 4.04. The first kappa shape index (κ1) is 23.3. The summed E-state index contributed by atoms with van der Waals surface area (Å²) in [5.41, 5.74) is 9.19. The Labute approximate surface area is 228 Å². The maximum absolute atomic E-state index is 11.7. The van der Waals surface area contributed by atoms with Crippen LogP contribution in [0.15, 0.2) is 140 Å². The molecule has 0 saturated heterocycles. The van der Waals surface area contributed by atoms with Gasteiger partial charge in [0.2, 0.25) is 0 Å². The minimum Gasteiger partial charge on any atom is -0.383 e. The van der Waals surface area contributed by atoms with Gasteiger partial charge in [0.05, 0.1) is 11.4 Å². The van der Waals surface area contributed by atoms with E-state index in [0.717, 1.165) is 45.3 Å². The van der Waals surface area contributed by atoms with Crippen molar-refractivity contribution in [2.24, 2.45) is 0 Å². The van der Waals surface area contributed by atoms with Crippen LogP contribution in [-0.2, 0) is 0 Å². The molecule has 0 saturated carbocycles. The number of aliphatic hydroxyl groups is 1. The van der Waals surface area contributed by atoms with E-state index in [1.807, 2.05) is 24.3 Å². The van der Waals surface area contributed by atoms with Crippen LogP contribution in [0, 0.1) is 6.92 Å². The first-order chi connectivity index (χ1) is 19.2. The SMILES string of the molecule is Cc1ccc(N(c2ccc3c(c2)C(O)c2ccccc2N3c2ccccc2)c2ccc3ccccc3c2)cc1. The predicted octanol–water partition coefficient (Wildman–Crippen LogP) is 9.48. The second-order valence-corrected chi connectivity index (χ2v) is 10.1. The number of rotatable bonds is 4. The molecule has 1 N–H and O–H groups in total. The highest BCUT2D eigenvalue weighted by molar-refractivity contribution is 5.91. The number of para-hydroxylation sites is 2. The van der Waals surface area contributed by atoms with E-state index < -0.39 is 6.10 Å². The van der Waals surface area contributed by atoms with Crippen molar-refractivity contribution in [2.45, 2.75) is 13.0 Å². The highest BCUT2D eigenvalue weighted by Gasteiger charge is 2.31. The van der Waals surface area contributed by atoms with Gasteiger partial charge in [-0.3, -0.25) is 0 Å². The van der Waals surface area contributed by atoms with E-state index in [-0.39, 0.29) is 0 Å². The fourth-order valence-electron chi connectivity index (χ4n) is 5.64. The van der Waals surface area contributed by atoms with Crippen molar-refractivity contribution in [3.8, 4) is 0 Å². The molecule has 6 aromatic rings. The average Bonchev–Trinajstić information content (AvgIpc) is 2.99. The molecule has 0 aliphatic carbocycles. The molecule has 6 aromatic carbocycles. The lowest BCUT2D eigenvalue weighted by molar-refractivity contribution is 0.219. The fourth-order valence-corrected chi connectivity index (χ4v) is 5.64. The summed E-state index contributed by atoms with van der Waals surface area (Å²) in [6.45, 7) is 2.11. The van der Waals surface area contributed by atoms with E-state index in [0.29, 0.717) is 0 Å². The number of benzene rings is 6. The predicted molar refractivity (Wildman–Crippen MR) is 162 cm³/mol. The Morgan fingerprint density at radius 2 is 1.15 bits per heavy atom. The minimum atomic E-state index is -0.729. The quantitative estimate of drug-likeness (QED) is 0.259. The van der Waals surface area contributed by atoms with Gasteiger partial charge in [0.25, 0.3) is 0 Å². The van der Waals surface area contributed by atoms with Gasteiger partial charge in [0.15, 0.2) is 0 Å². The van der Waals surface area contributed by atoms with Crippen molar-refractivity contribution < 1.29 is 5.11 Å². The summed E-state index contributed by atoms with van der Waals surface area (Å²) in [7, 11) is 0. The largest absolute Gasteiger partial charge is 0.383 e. The Kier molecular flexibility index (Phi) is 5.65. The number of nitrogens with zero attached hydrogens (tertiary/aromatic N) is 2. The molecule has 39 heavy (non-hydrogen) atoms. The Hall–Kier alpha value is -4.86. The molecule has 3 nitrogen and oxygen atoms in total. The van der Waals surface area contributed by atoms with Crippen LogP contribution in [-0.4, -0.2) is 5.11 Å². The standard InChI is InChI=1S/C36H28N2O/c1-25-15-18-29(19-16-25)37(30-20-17-26-9-5-6-10-27(26)23-30)31-21-22-35-33(24-31)36(39)32-13-7-8-14-34(32)38(35)28-11-3-2-4-12-28/h2-24,36,39H,1H3. The second kappa shape index (κ2) is 9.46. The van der Waals surface area contributed by atoms with Gasteiger partial charge in [-0.2, -0.15) is 0 Å². The molecule has 7 rings (SSSR count). The van der Waals surface area contributed by atoms with Crippen molar-refractivity contribution in [3.05, 3.63) is 156 Å². The van der Waals surface area contributed by atoms with E-state index >= 15 is 0 Å². The molecule has 0 spiro atoms. The number of anilines is 6. The zero-order valence-corrected chi connectivity index (χ0v) is 21.7. The minimum absolute atomic E-state index is 0.729. The summed E-state index contributed by atoms with van der Waals surface area (Å²) in [5, 5.41) is 14.1. The van der Waals surface area contributed by atoms with Crippen LogP contribution in [0.5, 0.6) is 0 Å². The molecule has 0 fully saturated rings. The molecular formula is C36H28N2O. The highest BCUT2D eigenvalue weighted by Crippen LogP contribution is 2.50. The van der Waals surface area contributed by atoms with Gasteiger partial charge in [-0.05, 0) is 78.4 Å². The summed E-state index contributed by atoms with van der Waals surface area (Å²) in [6.07, 6.45) is -0.729. The van der Waals surface area contributed by atoms with Crippen molar-refractivity contribution >= 4 is 44.9 Å². The molecule has 3 heteroatoms. The summed E-state index contributed by atoms with van der Waals surface area (Å²) in [4.78, 5) is 4.51. The van der Waals surface area contributed by atoms with E-state index in [2.05, 4.69) is 132 Å². The molecule has 188 valence electrons. The number of aryl methyl sites for hydroxylation is 1. The third-order valence-corrected chi connectivity index (χ3v) is 7.57. The van der Waals surface area contributed by atoms with Gasteiger partial charge < -0.3 is 14.9 Å². The normalized spacial score (nSPS) is 14.1. The lowest BCUT2D eigenvalue weighted by atomic mass is 9.91. The first-order valence-electron chi connectivity index (χ1n) is 13.3. The van der Waals surface area contributed by atoms with Gasteiger partial charge in [-0.1, -0.05) is 84.4 Å². The summed E-state index contributed by atoms with van der Waals surface area (Å²) in [6, 6.07) is 48.5. The molecule has 1 aliphatic rings. The van der Waals surface area contributed by atoms with Crippen LogP contribution in [0.3, 0.4) is 0 Å². The molecular weight excluding hydrogens is 476 g/mol. The van der Waals surface area contributed by atoms with Crippen LogP contribution in [0.4, 0.5) is 34.1 Å². The van der Waals surface area contributed by atoms with Crippen molar-refractivity contribution in [2.75, 3.05) is 9.80 Å². The zero-order chi connectivity index (χ0) is 26.3. The monoisotopic (exact) mass is 504 g/mol. The smallest absolute Gasteiger partial charge is 0.108 e. The van der Waals surface area contributed by atoms with E-state index in [4.69, 9.17) is 0 Å². The van der Waals surface area contributed by atoms with Gasteiger partial charge in [-0.25, -0.2) is 0 Å². The van der Waals surface area contributed by atoms with Crippen molar-refractivity contribution in [3.63, 3.8) is 0 Å². The Morgan fingerprint density at radius 1 is 0.538 bits per heavy atom. The van der Waals surface area contributed by atoms with E-state index in [9.17, 15) is 5.11 Å². The lowest BCUT2D eigenvalue weighted by Gasteiger charge is -2.37. The summed E-state index contributed by atoms with van der Waals surface area (Å²) in [5.74, 6) is 0. The van der Waals surface area contributed by atoms with E-state index in [1.165, 1.54) is 16.3 Å². The number of fused-ring (bicyclic) bond motifs is 3. The van der Waals surface area contributed by atoms with Crippen molar-refractivity contribution in [1.29, 1.82) is 0 Å². The fraction of sp³-hybridized carbons (Fsp3) is 0.0556. The molecule has 0 radical (unpaired) electrons. The lowest BCUT2D eigenvalue weighted by Crippen LogP contribution is -2.22. The maximum Gasteiger partial charge on any atom is 0.108 e. The molecule has 1 aliphatic heterocycles. The van der Waals surface area contributed by atoms with Crippen LogP contribution < -0.4 is 9.80 Å². The molecule has 0 aromatic heterocycles. The molecule has 1 unspecified atom stereocenters. The van der Waals surface area contributed by atoms with Crippen LogP contribution in [0.1, 0.15) is 22.8 Å². The van der Waals surface area contributed by atoms with Crippen LogP contribution >= 0.6 is 0 Å². The second-order valence-electron chi connectivity index (χ2n) is 10.1. The Bertz CT molecular complexity index is 1790. The highest BCUT2D eigenvalue weighted by atomic mass is 16.3. The number of hydrogen-bond acceptors (Lipinski definition) is 3. The van der Waals surface area contributed by atoms with Gasteiger partial charge in [0.1, 0.15) is 6.10 Å². The molecule has 0 bridgehead atoms. The van der Waals surface area contributed by atoms with Crippen LogP contribution in [0.25, 0.3) is 10.8 Å². The van der Waals surface area contributed by atoms with Gasteiger partial charge in [-0.15, -0.1) is 0 Å².